The Labute approximate surface area is 181 Å². The number of rotatable bonds is 8. The lowest BCUT2D eigenvalue weighted by Gasteiger charge is -2.10. The molecule has 1 N–H and O–H groups in total. The summed E-state index contributed by atoms with van der Waals surface area (Å²) in [6.45, 7) is 0.225. The number of aryl methyl sites for hydroxylation is 1. The summed E-state index contributed by atoms with van der Waals surface area (Å²) in [4.78, 5) is 24.2. The van der Waals surface area contributed by atoms with Crippen molar-refractivity contribution >= 4 is 11.6 Å². The van der Waals surface area contributed by atoms with Gasteiger partial charge in [0.1, 0.15) is 11.5 Å². The molecule has 0 atom stereocenters. The van der Waals surface area contributed by atoms with Gasteiger partial charge in [0.2, 0.25) is 5.91 Å². The van der Waals surface area contributed by atoms with E-state index < -0.39 is 6.36 Å². The van der Waals surface area contributed by atoms with Crippen LogP contribution < -0.4 is 20.3 Å². The number of nitrogens with zero attached hydrogens (tertiary/aromatic N) is 2. The molecule has 0 bridgehead atoms. The van der Waals surface area contributed by atoms with Crippen LogP contribution in [0.3, 0.4) is 0 Å². The van der Waals surface area contributed by atoms with Crippen LogP contribution in [0.4, 0.5) is 18.9 Å². The number of anilines is 1. The zero-order valence-corrected chi connectivity index (χ0v) is 17.1. The fraction of sp³-hybridized carbons (Fsp3) is 0.227. The Hall–Kier alpha value is -3.82. The third kappa shape index (κ3) is 6.59. The lowest BCUT2D eigenvalue weighted by atomic mass is 10.1. The van der Waals surface area contributed by atoms with E-state index >= 15 is 0 Å². The molecule has 1 amide bonds. The van der Waals surface area contributed by atoms with Crippen molar-refractivity contribution in [2.75, 3.05) is 12.4 Å². The lowest BCUT2D eigenvalue weighted by molar-refractivity contribution is -0.274. The molecule has 1 aromatic heterocycles. The highest BCUT2D eigenvalue weighted by atomic mass is 19.4. The molecule has 0 fully saturated rings. The Kier molecular flexibility index (Phi) is 7.14. The maximum atomic E-state index is 12.2. The molecule has 0 unspecified atom stereocenters. The number of benzene rings is 2. The van der Waals surface area contributed by atoms with Crippen LogP contribution >= 0.6 is 0 Å². The Balaban J connectivity index is 1.55. The lowest BCUT2D eigenvalue weighted by Crippen LogP contribution is -2.23. The van der Waals surface area contributed by atoms with Crippen LogP contribution in [-0.2, 0) is 11.3 Å². The van der Waals surface area contributed by atoms with Crippen molar-refractivity contribution in [1.82, 2.24) is 9.78 Å². The number of hydrogen-bond donors (Lipinski definition) is 1. The van der Waals surface area contributed by atoms with Crippen molar-refractivity contribution in [2.24, 2.45) is 0 Å². The van der Waals surface area contributed by atoms with Crippen LogP contribution in [0.25, 0.3) is 11.3 Å². The van der Waals surface area contributed by atoms with E-state index in [0.29, 0.717) is 23.6 Å². The number of hydrogen-bond acceptors (Lipinski definition) is 5. The third-order valence-corrected chi connectivity index (χ3v) is 4.38. The summed E-state index contributed by atoms with van der Waals surface area (Å²) >= 11 is 0. The smallest absolute Gasteiger partial charge is 0.497 e. The highest BCUT2D eigenvalue weighted by Gasteiger charge is 2.30. The average Bonchev–Trinajstić information content (AvgIpc) is 2.75. The van der Waals surface area contributed by atoms with Crippen molar-refractivity contribution in [3.8, 4) is 22.8 Å². The summed E-state index contributed by atoms with van der Waals surface area (Å²) in [7, 11) is 1.56. The molecule has 3 rings (SSSR count). The van der Waals surface area contributed by atoms with Crippen LogP contribution in [0.2, 0.25) is 0 Å². The standard InChI is InChI=1S/C22H20F3N3O4/c1-31-18-5-2-4-15(14-18)19-11-12-21(30)28(27-19)13-3-6-20(29)26-16-7-9-17(10-8-16)32-22(23,24)25/h2,4-5,7-12,14H,3,6,13H2,1H3,(H,26,29). The van der Waals surface area contributed by atoms with E-state index in [1.807, 2.05) is 12.1 Å². The molecule has 3 aromatic rings. The average molecular weight is 447 g/mol. The van der Waals surface area contributed by atoms with Crippen LogP contribution in [-0.4, -0.2) is 29.2 Å². The zero-order chi connectivity index (χ0) is 23.1. The molecule has 0 saturated heterocycles. The minimum Gasteiger partial charge on any atom is -0.497 e. The second-order valence-electron chi connectivity index (χ2n) is 6.74. The molecule has 0 radical (unpaired) electrons. The minimum atomic E-state index is -4.78. The molecule has 0 aliphatic carbocycles. The van der Waals surface area contributed by atoms with Gasteiger partial charge >= 0.3 is 6.36 Å². The molecule has 1 heterocycles. The van der Waals surface area contributed by atoms with Gasteiger partial charge in [0.25, 0.3) is 5.56 Å². The first-order valence-corrected chi connectivity index (χ1v) is 9.62. The number of halogens is 3. The van der Waals surface area contributed by atoms with E-state index in [1.54, 1.807) is 25.3 Å². The van der Waals surface area contributed by atoms with Gasteiger partial charge in [0.15, 0.2) is 0 Å². The first-order valence-electron chi connectivity index (χ1n) is 9.62. The Morgan fingerprint density at radius 1 is 1.06 bits per heavy atom. The van der Waals surface area contributed by atoms with Crippen molar-refractivity contribution in [1.29, 1.82) is 0 Å². The number of methoxy groups -OCH3 is 1. The summed E-state index contributed by atoms with van der Waals surface area (Å²) in [5, 5.41) is 6.93. The van der Waals surface area contributed by atoms with Gasteiger partial charge in [-0.1, -0.05) is 12.1 Å². The van der Waals surface area contributed by atoms with Gasteiger partial charge in [-0.2, -0.15) is 5.10 Å². The molecule has 168 valence electrons. The van der Waals surface area contributed by atoms with E-state index in [0.717, 1.165) is 17.7 Å². The van der Waals surface area contributed by atoms with Gasteiger partial charge < -0.3 is 14.8 Å². The number of alkyl halides is 3. The first kappa shape index (κ1) is 22.9. The predicted molar refractivity (Wildman–Crippen MR) is 111 cm³/mol. The molecule has 0 spiro atoms. The number of aromatic nitrogens is 2. The third-order valence-electron chi connectivity index (χ3n) is 4.38. The van der Waals surface area contributed by atoms with Crippen LogP contribution in [0.1, 0.15) is 12.8 Å². The van der Waals surface area contributed by atoms with Crippen molar-refractivity contribution in [2.45, 2.75) is 25.7 Å². The first-order chi connectivity index (χ1) is 15.2. The summed E-state index contributed by atoms with van der Waals surface area (Å²) < 4.78 is 46.8. The molecule has 0 aliphatic rings. The summed E-state index contributed by atoms with van der Waals surface area (Å²) in [5.74, 6) is -0.0555. The summed E-state index contributed by atoms with van der Waals surface area (Å²) in [6.07, 6.45) is -4.34. The van der Waals surface area contributed by atoms with E-state index in [-0.39, 0.29) is 30.2 Å². The Bertz CT molecular complexity index is 1130. The summed E-state index contributed by atoms with van der Waals surface area (Å²) in [6, 6.07) is 15.1. The molecule has 0 aliphatic heterocycles. The molecular weight excluding hydrogens is 427 g/mol. The number of ether oxygens (including phenoxy) is 2. The second-order valence-corrected chi connectivity index (χ2v) is 6.74. The highest BCUT2D eigenvalue weighted by Crippen LogP contribution is 2.24. The number of nitrogens with one attached hydrogen (secondary N) is 1. The van der Waals surface area contributed by atoms with Gasteiger partial charge in [-0.15, -0.1) is 13.2 Å². The number of carbonyl (C=O) groups is 1. The fourth-order valence-electron chi connectivity index (χ4n) is 2.90. The maximum absolute atomic E-state index is 12.2. The van der Waals surface area contributed by atoms with E-state index in [2.05, 4.69) is 15.2 Å². The zero-order valence-electron chi connectivity index (χ0n) is 17.1. The highest BCUT2D eigenvalue weighted by molar-refractivity contribution is 5.90. The molecule has 32 heavy (non-hydrogen) atoms. The van der Waals surface area contributed by atoms with Gasteiger partial charge in [0, 0.05) is 30.3 Å². The van der Waals surface area contributed by atoms with E-state index in [4.69, 9.17) is 4.74 Å². The monoisotopic (exact) mass is 447 g/mol. The van der Waals surface area contributed by atoms with Crippen LogP contribution in [0.15, 0.2) is 65.5 Å². The van der Waals surface area contributed by atoms with Crippen LogP contribution in [0, 0.1) is 0 Å². The van der Waals surface area contributed by atoms with Crippen LogP contribution in [0.5, 0.6) is 11.5 Å². The minimum absolute atomic E-state index is 0.0955. The predicted octanol–water partition coefficient (Wildman–Crippen LogP) is 4.24. The Morgan fingerprint density at radius 2 is 1.81 bits per heavy atom. The van der Waals surface area contributed by atoms with Crippen molar-refractivity contribution in [3.05, 3.63) is 71.0 Å². The fourth-order valence-corrected chi connectivity index (χ4v) is 2.90. The quantitative estimate of drug-likeness (QED) is 0.559. The molecule has 0 saturated carbocycles. The largest absolute Gasteiger partial charge is 0.573 e. The Morgan fingerprint density at radius 3 is 2.50 bits per heavy atom. The van der Waals surface area contributed by atoms with Gasteiger partial charge in [-0.3, -0.25) is 9.59 Å². The SMILES string of the molecule is COc1cccc(-c2ccc(=O)n(CCCC(=O)Nc3ccc(OC(F)(F)F)cc3)n2)c1. The maximum Gasteiger partial charge on any atom is 0.573 e. The normalized spacial score (nSPS) is 11.1. The van der Waals surface area contributed by atoms with Gasteiger partial charge in [-0.05, 0) is 48.9 Å². The topological polar surface area (TPSA) is 82.5 Å². The number of amides is 1. The van der Waals surface area contributed by atoms with E-state index in [1.165, 1.54) is 22.9 Å². The van der Waals surface area contributed by atoms with Crippen molar-refractivity contribution in [3.63, 3.8) is 0 Å². The second kappa shape index (κ2) is 9.99. The molecule has 2 aromatic carbocycles. The molecular formula is C22H20F3N3O4. The molecule has 10 heteroatoms. The van der Waals surface area contributed by atoms with E-state index in [9.17, 15) is 22.8 Å². The van der Waals surface area contributed by atoms with Gasteiger partial charge in [-0.25, -0.2) is 4.68 Å². The number of carbonyl (C=O) groups excluding carboxylic acids is 1. The van der Waals surface area contributed by atoms with Crippen molar-refractivity contribution < 1.29 is 27.4 Å². The molecule has 7 nitrogen and oxygen atoms in total. The van der Waals surface area contributed by atoms with Gasteiger partial charge in [0.05, 0.1) is 12.8 Å². The summed E-state index contributed by atoms with van der Waals surface area (Å²) in [5.41, 5.74) is 1.42.